The van der Waals surface area contributed by atoms with Crippen molar-refractivity contribution in [3.63, 3.8) is 0 Å². The Morgan fingerprint density at radius 1 is 1.53 bits per heavy atom. The predicted molar refractivity (Wildman–Crippen MR) is 75.9 cm³/mol. The molecule has 0 unspecified atom stereocenters. The summed E-state index contributed by atoms with van der Waals surface area (Å²) in [6.07, 6.45) is 2.36. The molecular weight excluding hydrogens is 290 g/mol. The highest BCUT2D eigenvalue weighted by Gasteiger charge is 2.41. The van der Waals surface area contributed by atoms with Crippen molar-refractivity contribution < 1.29 is 9.18 Å². The van der Waals surface area contributed by atoms with E-state index in [2.05, 4.69) is 0 Å². The number of likely N-dealkylation sites (N-methyl/N-ethyl adjacent to an activating group) is 1. The van der Waals surface area contributed by atoms with E-state index in [0.29, 0.717) is 23.4 Å². The number of carbonyl (C=O) groups excluding carboxylic acids is 1. The van der Waals surface area contributed by atoms with Crippen molar-refractivity contribution in [1.29, 1.82) is 0 Å². The summed E-state index contributed by atoms with van der Waals surface area (Å²) < 4.78 is 13.6. The molecule has 1 aliphatic rings. The minimum absolute atomic E-state index is 0. The number of rotatable bonds is 3. The molecule has 0 saturated heterocycles. The lowest BCUT2D eigenvalue weighted by Gasteiger charge is -2.39. The fourth-order valence-corrected chi connectivity index (χ4v) is 2.37. The summed E-state index contributed by atoms with van der Waals surface area (Å²) in [5.41, 5.74) is 5.53. The van der Waals surface area contributed by atoms with Crippen molar-refractivity contribution in [1.82, 2.24) is 4.90 Å². The molecule has 106 valence electrons. The van der Waals surface area contributed by atoms with Gasteiger partial charge in [-0.15, -0.1) is 12.4 Å². The fourth-order valence-electron chi connectivity index (χ4n) is 2.14. The number of nitrogens with zero attached hydrogens (tertiary/aromatic N) is 1. The topological polar surface area (TPSA) is 46.3 Å². The monoisotopic (exact) mass is 306 g/mol. The first-order valence-electron chi connectivity index (χ1n) is 5.91. The Morgan fingerprint density at radius 2 is 2.16 bits per heavy atom. The van der Waals surface area contributed by atoms with E-state index in [1.54, 1.807) is 19.2 Å². The number of benzene rings is 1. The molecule has 0 bridgehead atoms. The quantitative estimate of drug-likeness (QED) is 0.933. The third-order valence-corrected chi connectivity index (χ3v) is 3.83. The summed E-state index contributed by atoms with van der Waals surface area (Å²) in [6, 6.07) is 4.49. The standard InChI is InChI=1S/C13H16ClFN2O.ClH/c1-17(12(18)13(16)6-3-7-13)8-9-10(14)4-2-5-11(9)15;/h2,4-5H,3,6-8,16H2,1H3;1H. The summed E-state index contributed by atoms with van der Waals surface area (Å²) in [4.78, 5) is 13.6. The van der Waals surface area contributed by atoms with Gasteiger partial charge < -0.3 is 10.6 Å². The molecule has 2 rings (SSSR count). The molecule has 0 spiro atoms. The predicted octanol–water partition coefficient (Wildman–Crippen LogP) is 2.74. The largest absolute Gasteiger partial charge is 0.340 e. The SMILES string of the molecule is CN(Cc1c(F)cccc1Cl)C(=O)C1(N)CCC1.Cl. The van der Waals surface area contributed by atoms with Gasteiger partial charge in [-0.05, 0) is 31.4 Å². The molecule has 19 heavy (non-hydrogen) atoms. The van der Waals surface area contributed by atoms with Crippen LogP contribution in [0.2, 0.25) is 5.02 Å². The van der Waals surface area contributed by atoms with Gasteiger partial charge in [-0.25, -0.2) is 4.39 Å². The molecule has 6 heteroatoms. The van der Waals surface area contributed by atoms with Crippen LogP contribution in [-0.2, 0) is 11.3 Å². The lowest BCUT2D eigenvalue weighted by molar-refractivity contribution is -0.139. The Labute approximate surface area is 123 Å². The molecule has 1 aromatic rings. The first kappa shape index (κ1) is 16.2. The van der Waals surface area contributed by atoms with Crippen molar-refractivity contribution in [3.8, 4) is 0 Å². The van der Waals surface area contributed by atoms with E-state index >= 15 is 0 Å². The fraction of sp³-hybridized carbons (Fsp3) is 0.462. The molecule has 3 nitrogen and oxygen atoms in total. The number of carbonyl (C=O) groups is 1. The molecule has 0 aliphatic heterocycles. The zero-order chi connectivity index (χ0) is 13.3. The maximum atomic E-state index is 13.6. The molecule has 0 atom stereocenters. The smallest absolute Gasteiger partial charge is 0.242 e. The third-order valence-electron chi connectivity index (χ3n) is 3.48. The molecule has 0 heterocycles. The van der Waals surface area contributed by atoms with Crippen LogP contribution in [0.4, 0.5) is 4.39 Å². The number of halogens is 3. The molecule has 0 radical (unpaired) electrons. The average molecular weight is 307 g/mol. The van der Waals surface area contributed by atoms with Gasteiger partial charge in [0.15, 0.2) is 0 Å². The highest BCUT2D eigenvalue weighted by Crippen LogP contribution is 2.31. The highest BCUT2D eigenvalue weighted by molar-refractivity contribution is 6.31. The molecule has 0 aromatic heterocycles. The van der Waals surface area contributed by atoms with Crippen LogP contribution in [0, 0.1) is 5.82 Å². The summed E-state index contributed by atoms with van der Waals surface area (Å²) >= 11 is 5.93. The van der Waals surface area contributed by atoms with E-state index in [4.69, 9.17) is 17.3 Å². The minimum atomic E-state index is -0.757. The average Bonchev–Trinajstić information content (AvgIpc) is 2.30. The second-order valence-electron chi connectivity index (χ2n) is 4.87. The summed E-state index contributed by atoms with van der Waals surface area (Å²) in [5.74, 6) is -0.546. The Hall–Kier alpha value is -0.840. The van der Waals surface area contributed by atoms with Gasteiger partial charge in [-0.2, -0.15) is 0 Å². The lowest BCUT2D eigenvalue weighted by Crippen LogP contribution is -2.58. The van der Waals surface area contributed by atoms with Crippen LogP contribution < -0.4 is 5.73 Å². The van der Waals surface area contributed by atoms with Crippen LogP contribution >= 0.6 is 24.0 Å². The number of amides is 1. The van der Waals surface area contributed by atoms with E-state index in [0.717, 1.165) is 6.42 Å². The Morgan fingerprint density at radius 3 is 2.63 bits per heavy atom. The van der Waals surface area contributed by atoms with Crippen LogP contribution in [0.5, 0.6) is 0 Å². The number of hydrogen-bond acceptors (Lipinski definition) is 2. The van der Waals surface area contributed by atoms with Crippen LogP contribution in [0.15, 0.2) is 18.2 Å². The molecule has 1 aliphatic carbocycles. The molecule has 1 fully saturated rings. The molecule has 1 saturated carbocycles. The zero-order valence-corrected chi connectivity index (χ0v) is 12.2. The van der Waals surface area contributed by atoms with E-state index in [1.165, 1.54) is 11.0 Å². The van der Waals surface area contributed by atoms with Crippen LogP contribution in [0.1, 0.15) is 24.8 Å². The van der Waals surface area contributed by atoms with Gasteiger partial charge >= 0.3 is 0 Å². The first-order chi connectivity index (χ1) is 8.44. The Bertz CT molecular complexity index is 457. The third kappa shape index (κ3) is 3.19. The maximum absolute atomic E-state index is 13.6. The lowest BCUT2D eigenvalue weighted by atomic mass is 9.76. The Balaban J connectivity index is 0.00000180. The van der Waals surface area contributed by atoms with E-state index < -0.39 is 11.4 Å². The van der Waals surface area contributed by atoms with E-state index in [9.17, 15) is 9.18 Å². The van der Waals surface area contributed by atoms with Gasteiger partial charge in [0.05, 0.1) is 5.54 Å². The van der Waals surface area contributed by atoms with Gasteiger partial charge in [0.25, 0.3) is 0 Å². The van der Waals surface area contributed by atoms with E-state index in [1.807, 2.05) is 0 Å². The zero-order valence-electron chi connectivity index (χ0n) is 10.7. The van der Waals surface area contributed by atoms with Gasteiger partial charge in [0, 0.05) is 24.2 Å². The molecule has 1 aromatic carbocycles. The van der Waals surface area contributed by atoms with Gasteiger partial charge in [0.2, 0.25) is 5.91 Å². The van der Waals surface area contributed by atoms with Crippen molar-refractivity contribution >= 4 is 29.9 Å². The summed E-state index contributed by atoms with van der Waals surface area (Å²) in [5, 5.41) is 0.328. The molecule has 1 amide bonds. The maximum Gasteiger partial charge on any atom is 0.242 e. The normalized spacial score (nSPS) is 16.2. The molecule has 2 N–H and O–H groups in total. The summed E-state index contributed by atoms with van der Waals surface area (Å²) in [6.45, 7) is 0.142. The van der Waals surface area contributed by atoms with Crippen LogP contribution in [0.25, 0.3) is 0 Å². The number of nitrogens with two attached hydrogens (primary N) is 1. The van der Waals surface area contributed by atoms with Crippen molar-refractivity contribution in [2.24, 2.45) is 5.73 Å². The highest BCUT2D eigenvalue weighted by atomic mass is 35.5. The first-order valence-corrected chi connectivity index (χ1v) is 6.29. The second-order valence-corrected chi connectivity index (χ2v) is 5.28. The van der Waals surface area contributed by atoms with E-state index in [-0.39, 0.29) is 24.9 Å². The van der Waals surface area contributed by atoms with Crippen molar-refractivity contribution in [2.45, 2.75) is 31.3 Å². The minimum Gasteiger partial charge on any atom is -0.340 e. The van der Waals surface area contributed by atoms with Gasteiger partial charge in [-0.3, -0.25) is 4.79 Å². The molecular formula is C13H17Cl2FN2O. The van der Waals surface area contributed by atoms with Crippen LogP contribution in [0.3, 0.4) is 0 Å². The summed E-state index contributed by atoms with van der Waals surface area (Å²) in [7, 11) is 1.62. The van der Waals surface area contributed by atoms with Gasteiger partial charge in [0.1, 0.15) is 5.82 Å². The van der Waals surface area contributed by atoms with Gasteiger partial charge in [-0.1, -0.05) is 17.7 Å². The van der Waals surface area contributed by atoms with Crippen molar-refractivity contribution in [3.05, 3.63) is 34.6 Å². The van der Waals surface area contributed by atoms with Crippen LogP contribution in [-0.4, -0.2) is 23.4 Å². The second kappa shape index (κ2) is 6.07. The van der Waals surface area contributed by atoms with Crippen molar-refractivity contribution in [2.75, 3.05) is 7.05 Å². The number of hydrogen-bond donors (Lipinski definition) is 1. The Kier molecular flexibility index (Phi) is 5.18.